The average molecular weight is 445 g/mol. The van der Waals surface area contributed by atoms with Gasteiger partial charge in [-0.3, -0.25) is 9.58 Å². The molecule has 1 aliphatic carbocycles. The van der Waals surface area contributed by atoms with Crippen molar-refractivity contribution in [2.45, 2.75) is 56.8 Å². The van der Waals surface area contributed by atoms with E-state index >= 15 is 0 Å². The van der Waals surface area contributed by atoms with Gasteiger partial charge in [0.15, 0.2) is 0 Å². The van der Waals surface area contributed by atoms with E-state index in [1.54, 1.807) is 6.26 Å². The molecule has 3 heterocycles. The molecule has 1 N–H and O–H groups in total. The number of hydrogen-bond donors (Lipinski definition) is 1. The highest BCUT2D eigenvalue weighted by molar-refractivity contribution is 5.73. The zero-order valence-corrected chi connectivity index (χ0v) is 16.9. The topological polar surface area (TPSA) is 90.0 Å². The van der Waals surface area contributed by atoms with E-state index in [4.69, 9.17) is 23.8 Å². The van der Waals surface area contributed by atoms with Gasteiger partial charge in [0.05, 0.1) is 31.6 Å². The summed E-state index contributed by atoms with van der Waals surface area (Å²) in [6.07, 6.45) is 4.05. The fourth-order valence-corrected chi connectivity index (χ4v) is 3.86. The lowest BCUT2D eigenvalue weighted by Gasteiger charge is -2.38. The minimum Gasteiger partial charge on any atom is -0.475 e. The summed E-state index contributed by atoms with van der Waals surface area (Å²) in [5.74, 6) is -1.73. The number of fused-ring (bicyclic) bond motifs is 1. The van der Waals surface area contributed by atoms with E-state index in [0.29, 0.717) is 6.04 Å². The number of rotatable bonds is 7. The molecule has 0 unspecified atom stereocenters. The van der Waals surface area contributed by atoms with Crippen LogP contribution in [0.5, 0.6) is 0 Å². The molecular weight excluding hydrogens is 419 g/mol. The van der Waals surface area contributed by atoms with Crippen LogP contribution in [0.25, 0.3) is 0 Å². The molecule has 3 atom stereocenters. The number of halogens is 3. The smallest absolute Gasteiger partial charge is 0.475 e. The molecule has 2 fully saturated rings. The molecule has 31 heavy (non-hydrogen) atoms. The van der Waals surface area contributed by atoms with E-state index in [0.717, 1.165) is 57.9 Å². The third kappa shape index (κ3) is 6.81. The summed E-state index contributed by atoms with van der Waals surface area (Å²) in [6, 6.07) is 6.39. The number of alkyl halides is 3. The highest BCUT2D eigenvalue weighted by Crippen LogP contribution is 2.33. The Bertz CT molecular complexity index is 783. The molecule has 8 nitrogen and oxygen atoms in total. The van der Waals surface area contributed by atoms with E-state index in [1.165, 1.54) is 0 Å². The predicted molar refractivity (Wildman–Crippen MR) is 102 cm³/mol. The van der Waals surface area contributed by atoms with Gasteiger partial charge < -0.3 is 19.0 Å². The molecule has 0 bridgehead atoms. The van der Waals surface area contributed by atoms with Gasteiger partial charge in [0.1, 0.15) is 5.76 Å². The van der Waals surface area contributed by atoms with Crippen molar-refractivity contribution < 1.29 is 37.0 Å². The van der Waals surface area contributed by atoms with Crippen LogP contribution in [0.15, 0.2) is 41.3 Å². The van der Waals surface area contributed by atoms with Gasteiger partial charge >= 0.3 is 12.1 Å². The van der Waals surface area contributed by atoms with Gasteiger partial charge in [-0.2, -0.15) is 18.3 Å². The van der Waals surface area contributed by atoms with Crippen LogP contribution in [0.4, 0.5) is 13.2 Å². The minimum absolute atomic E-state index is 0.193. The first-order valence-corrected chi connectivity index (χ1v) is 10.1. The van der Waals surface area contributed by atoms with Crippen molar-refractivity contribution in [2.24, 2.45) is 0 Å². The first-order chi connectivity index (χ1) is 14.8. The quantitative estimate of drug-likeness (QED) is 0.656. The summed E-state index contributed by atoms with van der Waals surface area (Å²) in [6.45, 7) is 4.26. The number of ether oxygens (including phenoxy) is 2. The molecule has 1 saturated heterocycles. The molecule has 2 aromatic heterocycles. The lowest BCUT2D eigenvalue weighted by atomic mass is 10.1. The van der Waals surface area contributed by atoms with Gasteiger partial charge in [0.2, 0.25) is 0 Å². The van der Waals surface area contributed by atoms with Gasteiger partial charge in [-0.05, 0) is 37.5 Å². The zero-order chi connectivity index (χ0) is 22.3. The Hall–Kier alpha value is -2.37. The molecule has 0 amide bonds. The second kappa shape index (κ2) is 10.8. The zero-order valence-electron chi connectivity index (χ0n) is 16.9. The maximum Gasteiger partial charge on any atom is 0.490 e. The van der Waals surface area contributed by atoms with Crippen molar-refractivity contribution in [3.8, 4) is 0 Å². The summed E-state index contributed by atoms with van der Waals surface area (Å²) in [4.78, 5) is 11.4. The SMILES string of the molecule is O=C(O)C(F)(F)F.c1coc(CN2CCO[C@H]3[C@H](OCCCn4cccn4)CC[C@@H]32)c1. The first kappa shape index (κ1) is 23.3. The number of morpholine rings is 1. The fourth-order valence-electron chi connectivity index (χ4n) is 3.86. The fraction of sp³-hybridized carbons (Fsp3) is 0.600. The van der Waals surface area contributed by atoms with Crippen LogP contribution in [-0.4, -0.2) is 69.9 Å². The van der Waals surface area contributed by atoms with E-state index in [1.807, 2.05) is 35.3 Å². The Labute approximate surface area is 177 Å². The van der Waals surface area contributed by atoms with Crippen molar-refractivity contribution >= 4 is 5.97 Å². The van der Waals surface area contributed by atoms with Crippen molar-refractivity contribution in [1.82, 2.24) is 14.7 Å². The second-order valence-corrected chi connectivity index (χ2v) is 7.36. The first-order valence-electron chi connectivity index (χ1n) is 10.1. The minimum atomic E-state index is -5.08. The largest absolute Gasteiger partial charge is 0.490 e. The molecular formula is C20H26F3N3O5. The number of carboxylic acid groups (broad SMARTS) is 1. The summed E-state index contributed by atoms with van der Waals surface area (Å²) in [5.41, 5.74) is 0. The van der Waals surface area contributed by atoms with Crippen LogP contribution in [0.2, 0.25) is 0 Å². The van der Waals surface area contributed by atoms with Crippen molar-refractivity contribution in [3.63, 3.8) is 0 Å². The third-order valence-electron chi connectivity index (χ3n) is 5.25. The summed E-state index contributed by atoms with van der Waals surface area (Å²) < 4.78 is 51.4. The Balaban J connectivity index is 0.000000339. The van der Waals surface area contributed by atoms with Gasteiger partial charge in [0.25, 0.3) is 0 Å². The van der Waals surface area contributed by atoms with Gasteiger partial charge in [-0.1, -0.05) is 0 Å². The van der Waals surface area contributed by atoms with E-state index in [9.17, 15) is 13.2 Å². The number of hydrogen-bond acceptors (Lipinski definition) is 6. The molecule has 0 spiro atoms. The van der Waals surface area contributed by atoms with Crippen molar-refractivity contribution in [1.29, 1.82) is 0 Å². The Kier molecular flexibility index (Phi) is 8.10. The Morgan fingerprint density at radius 2 is 2.13 bits per heavy atom. The normalized spacial score (nSPS) is 23.8. The monoisotopic (exact) mass is 445 g/mol. The van der Waals surface area contributed by atoms with Crippen LogP contribution >= 0.6 is 0 Å². The highest BCUT2D eigenvalue weighted by atomic mass is 19.4. The molecule has 0 aromatic carbocycles. The standard InChI is InChI=1S/C18H25N3O3.C2HF3O2/c1-4-15(22-11-1)14-20-10-13-24-18-16(20)5-6-17(18)23-12-3-9-21-8-2-7-19-21;3-2(4,5)1(6)7/h1-2,4,7-8,11,16-18H,3,5-6,9-10,12-14H2;(H,6,7)/t16-,17+,18+;/m0./s1. The van der Waals surface area contributed by atoms with Crippen LogP contribution in [-0.2, 0) is 27.4 Å². The highest BCUT2D eigenvalue weighted by Gasteiger charge is 2.43. The number of furan rings is 1. The molecule has 1 saturated carbocycles. The van der Waals surface area contributed by atoms with Crippen LogP contribution in [0.1, 0.15) is 25.0 Å². The van der Waals surface area contributed by atoms with E-state index in [2.05, 4.69) is 10.00 Å². The summed E-state index contributed by atoms with van der Waals surface area (Å²) in [7, 11) is 0. The van der Waals surface area contributed by atoms with Crippen molar-refractivity contribution in [3.05, 3.63) is 42.6 Å². The van der Waals surface area contributed by atoms with Crippen LogP contribution < -0.4 is 0 Å². The molecule has 11 heteroatoms. The third-order valence-corrected chi connectivity index (χ3v) is 5.25. The molecule has 2 aliphatic rings. The Morgan fingerprint density at radius 3 is 2.77 bits per heavy atom. The predicted octanol–water partition coefficient (Wildman–Crippen LogP) is 2.95. The van der Waals surface area contributed by atoms with Crippen LogP contribution in [0, 0.1) is 0 Å². The van der Waals surface area contributed by atoms with Gasteiger partial charge in [-0.15, -0.1) is 0 Å². The molecule has 2 aromatic rings. The van der Waals surface area contributed by atoms with E-state index < -0.39 is 12.1 Å². The maximum atomic E-state index is 10.6. The second-order valence-electron chi connectivity index (χ2n) is 7.36. The van der Waals surface area contributed by atoms with E-state index in [-0.39, 0.29) is 12.2 Å². The van der Waals surface area contributed by atoms with Gasteiger partial charge in [-0.25, -0.2) is 4.79 Å². The molecule has 172 valence electrons. The maximum absolute atomic E-state index is 10.6. The number of nitrogens with zero attached hydrogens (tertiary/aromatic N) is 3. The van der Waals surface area contributed by atoms with Gasteiger partial charge in [0, 0.05) is 38.1 Å². The number of carboxylic acids is 1. The lowest BCUT2D eigenvalue weighted by Crippen LogP contribution is -2.51. The lowest BCUT2D eigenvalue weighted by molar-refractivity contribution is -0.192. The molecule has 4 rings (SSSR count). The summed E-state index contributed by atoms with van der Waals surface area (Å²) in [5, 5.41) is 11.3. The molecule has 0 radical (unpaired) electrons. The number of carbonyl (C=O) groups is 1. The average Bonchev–Trinajstić information content (AvgIpc) is 3.48. The van der Waals surface area contributed by atoms with Crippen molar-refractivity contribution in [2.75, 3.05) is 19.8 Å². The number of aliphatic carboxylic acids is 1. The number of aryl methyl sites for hydroxylation is 1. The van der Waals surface area contributed by atoms with Crippen LogP contribution in [0.3, 0.4) is 0 Å². The Morgan fingerprint density at radius 1 is 1.32 bits per heavy atom. The number of aromatic nitrogens is 2. The summed E-state index contributed by atoms with van der Waals surface area (Å²) >= 11 is 0. The molecule has 1 aliphatic heterocycles.